The molecule has 2 aromatic rings. The van der Waals surface area contributed by atoms with Crippen molar-refractivity contribution >= 4 is 23.0 Å². The number of hydrogen-bond acceptors (Lipinski definition) is 3. The van der Waals surface area contributed by atoms with Crippen LogP contribution in [0.3, 0.4) is 0 Å². The van der Waals surface area contributed by atoms with E-state index in [1.54, 1.807) is 27.7 Å². The van der Waals surface area contributed by atoms with Gasteiger partial charge in [0.1, 0.15) is 17.0 Å². The molecule has 1 aliphatic heterocycles. The Bertz CT molecular complexity index is 921. The van der Waals surface area contributed by atoms with Crippen molar-refractivity contribution in [2.75, 3.05) is 0 Å². The van der Waals surface area contributed by atoms with Gasteiger partial charge in [-0.15, -0.1) is 0 Å². The summed E-state index contributed by atoms with van der Waals surface area (Å²) in [5.41, 5.74) is 2.31. The molecular formula is C23H25ClO3. The lowest BCUT2D eigenvalue weighted by Gasteiger charge is -2.40. The van der Waals surface area contributed by atoms with Gasteiger partial charge in [0.05, 0.1) is 5.57 Å². The van der Waals surface area contributed by atoms with Crippen molar-refractivity contribution < 1.29 is 14.6 Å². The first kappa shape index (κ1) is 19.7. The molecule has 1 aliphatic rings. The van der Waals surface area contributed by atoms with Gasteiger partial charge in [0.15, 0.2) is 5.78 Å². The highest BCUT2D eigenvalue weighted by Crippen LogP contribution is 2.41. The Morgan fingerprint density at radius 3 is 2.15 bits per heavy atom. The zero-order valence-corrected chi connectivity index (χ0v) is 17.1. The molecule has 0 spiro atoms. The fourth-order valence-electron chi connectivity index (χ4n) is 3.64. The van der Waals surface area contributed by atoms with Crippen molar-refractivity contribution in [3.63, 3.8) is 0 Å². The molecule has 0 bridgehead atoms. The number of aliphatic hydroxyl groups is 1. The predicted octanol–water partition coefficient (Wildman–Crippen LogP) is 6.00. The molecule has 1 N–H and O–H groups in total. The Morgan fingerprint density at radius 1 is 0.963 bits per heavy atom. The molecule has 4 heteroatoms. The van der Waals surface area contributed by atoms with E-state index < -0.39 is 11.2 Å². The fourth-order valence-corrected chi connectivity index (χ4v) is 3.77. The Hall–Kier alpha value is -2.10. The van der Waals surface area contributed by atoms with Crippen LogP contribution in [0.25, 0.3) is 16.7 Å². The van der Waals surface area contributed by atoms with Crippen molar-refractivity contribution in [1.82, 2.24) is 0 Å². The summed E-state index contributed by atoms with van der Waals surface area (Å²) in [5, 5.41) is 11.5. The summed E-state index contributed by atoms with van der Waals surface area (Å²) in [6, 6.07) is 13.6. The standard InChI is InChI=1S/C23H25ClO3/c1-6-14-13-16(15-7-10-17(24)11-8-15)9-12-18(14)19-20(25)22(2,3)27-23(4,5)21(19)26/h7-13,25H,6H2,1-5H3. The van der Waals surface area contributed by atoms with Crippen molar-refractivity contribution in [2.24, 2.45) is 0 Å². The Kier molecular flexibility index (Phi) is 4.96. The lowest BCUT2D eigenvalue weighted by molar-refractivity contribution is -0.158. The molecule has 0 aliphatic carbocycles. The van der Waals surface area contributed by atoms with E-state index in [-0.39, 0.29) is 11.5 Å². The van der Waals surface area contributed by atoms with E-state index in [9.17, 15) is 9.90 Å². The van der Waals surface area contributed by atoms with E-state index >= 15 is 0 Å². The van der Waals surface area contributed by atoms with Crippen LogP contribution < -0.4 is 0 Å². The van der Waals surface area contributed by atoms with Crippen LogP contribution in [0.5, 0.6) is 0 Å². The molecule has 3 rings (SSSR count). The Labute approximate surface area is 165 Å². The molecule has 0 atom stereocenters. The number of ketones is 1. The quantitative estimate of drug-likeness (QED) is 0.706. The summed E-state index contributed by atoms with van der Waals surface area (Å²) >= 11 is 5.99. The van der Waals surface area contributed by atoms with Gasteiger partial charge in [-0.2, -0.15) is 0 Å². The number of halogens is 1. The van der Waals surface area contributed by atoms with E-state index in [0.29, 0.717) is 10.6 Å². The van der Waals surface area contributed by atoms with Gasteiger partial charge >= 0.3 is 0 Å². The minimum absolute atomic E-state index is 0.0132. The molecule has 0 fully saturated rings. The first-order valence-corrected chi connectivity index (χ1v) is 9.52. The smallest absolute Gasteiger partial charge is 0.198 e. The van der Waals surface area contributed by atoms with Crippen LogP contribution in [-0.4, -0.2) is 22.1 Å². The highest BCUT2D eigenvalue weighted by molar-refractivity contribution is 6.30. The SMILES string of the molecule is CCc1cc(-c2ccc(Cl)cc2)ccc1C1=C(O)C(C)(C)OC(C)(C)C1=O. The summed E-state index contributed by atoms with van der Waals surface area (Å²) in [6.07, 6.45) is 0.739. The van der Waals surface area contributed by atoms with Gasteiger partial charge in [-0.3, -0.25) is 4.79 Å². The molecule has 27 heavy (non-hydrogen) atoms. The van der Waals surface area contributed by atoms with Crippen LogP contribution >= 0.6 is 11.6 Å². The average Bonchev–Trinajstić information content (AvgIpc) is 2.60. The van der Waals surface area contributed by atoms with Crippen LogP contribution in [-0.2, 0) is 16.0 Å². The molecule has 0 saturated carbocycles. The Balaban J connectivity index is 2.16. The van der Waals surface area contributed by atoms with E-state index in [2.05, 4.69) is 6.07 Å². The normalized spacial score (nSPS) is 18.7. The molecule has 0 radical (unpaired) electrons. The van der Waals surface area contributed by atoms with Crippen molar-refractivity contribution in [3.8, 4) is 11.1 Å². The largest absolute Gasteiger partial charge is 0.508 e. The number of carbonyl (C=O) groups excluding carboxylic acids is 1. The molecule has 0 saturated heterocycles. The molecular weight excluding hydrogens is 360 g/mol. The first-order valence-electron chi connectivity index (χ1n) is 9.15. The van der Waals surface area contributed by atoms with Crippen molar-refractivity contribution in [1.29, 1.82) is 0 Å². The van der Waals surface area contributed by atoms with E-state index in [0.717, 1.165) is 28.7 Å². The third kappa shape index (κ3) is 3.54. The summed E-state index contributed by atoms with van der Waals surface area (Å²) in [4.78, 5) is 13.0. The maximum atomic E-state index is 13.0. The predicted molar refractivity (Wildman–Crippen MR) is 110 cm³/mol. The van der Waals surface area contributed by atoms with E-state index in [1.807, 2.05) is 43.3 Å². The second-order valence-electron chi connectivity index (χ2n) is 7.91. The molecule has 1 heterocycles. The topological polar surface area (TPSA) is 46.5 Å². The van der Waals surface area contributed by atoms with Gasteiger partial charge in [-0.25, -0.2) is 0 Å². The fraction of sp³-hybridized carbons (Fsp3) is 0.348. The molecule has 0 unspecified atom stereocenters. The van der Waals surface area contributed by atoms with Gasteiger partial charge in [-0.05, 0) is 68.5 Å². The molecule has 142 valence electrons. The second-order valence-corrected chi connectivity index (χ2v) is 8.34. The minimum Gasteiger partial charge on any atom is -0.508 e. The van der Waals surface area contributed by atoms with Gasteiger partial charge in [0.2, 0.25) is 0 Å². The second kappa shape index (κ2) is 6.81. The highest BCUT2D eigenvalue weighted by atomic mass is 35.5. The van der Waals surface area contributed by atoms with E-state index in [1.165, 1.54) is 0 Å². The number of aliphatic hydroxyl groups excluding tert-OH is 1. The summed E-state index contributed by atoms with van der Waals surface area (Å²) in [7, 11) is 0. The highest BCUT2D eigenvalue weighted by Gasteiger charge is 2.47. The lowest BCUT2D eigenvalue weighted by Crippen LogP contribution is -2.49. The monoisotopic (exact) mass is 384 g/mol. The molecule has 3 nitrogen and oxygen atoms in total. The zero-order valence-electron chi connectivity index (χ0n) is 16.4. The number of rotatable bonds is 3. The van der Waals surface area contributed by atoms with Crippen molar-refractivity contribution in [2.45, 2.75) is 52.2 Å². The number of ether oxygens (including phenoxy) is 1. The maximum absolute atomic E-state index is 13.0. The maximum Gasteiger partial charge on any atom is 0.198 e. The number of aryl methyl sites for hydroxylation is 1. The first-order chi connectivity index (χ1) is 12.6. The average molecular weight is 385 g/mol. The summed E-state index contributed by atoms with van der Waals surface area (Å²) in [5.74, 6) is -0.214. The molecule has 0 amide bonds. The number of hydrogen-bond donors (Lipinski definition) is 1. The third-order valence-electron chi connectivity index (χ3n) is 5.02. The van der Waals surface area contributed by atoms with Crippen molar-refractivity contribution in [3.05, 3.63) is 64.4 Å². The van der Waals surface area contributed by atoms with Crippen LogP contribution in [0.2, 0.25) is 5.02 Å². The minimum atomic E-state index is -0.995. The van der Waals surface area contributed by atoms with Crippen LogP contribution in [0.1, 0.15) is 45.7 Å². The van der Waals surface area contributed by atoms with E-state index in [4.69, 9.17) is 16.3 Å². The van der Waals surface area contributed by atoms with Crippen LogP contribution in [0.15, 0.2) is 48.2 Å². The number of carbonyl (C=O) groups is 1. The molecule has 2 aromatic carbocycles. The summed E-state index contributed by atoms with van der Waals surface area (Å²) in [6.45, 7) is 9.10. The van der Waals surface area contributed by atoms with Gasteiger partial charge in [-0.1, -0.05) is 48.9 Å². The van der Waals surface area contributed by atoms with Gasteiger partial charge in [0, 0.05) is 5.02 Å². The lowest BCUT2D eigenvalue weighted by atomic mass is 9.81. The van der Waals surface area contributed by atoms with Crippen LogP contribution in [0.4, 0.5) is 0 Å². The van der Waals surface area contributed by atoms with Crippen LogP contribution in [0, 0.1) is 0 Å². The number of Topliss-reactive ketones (excluding diaryl/α,β-unsaturated/α-hetero) is 1. The Morgan fingerprint density at radius 2 is 1.56 bits per heavy atom. The van der Waals surface area contributed by atoms with Gasteiger partial charge < -0.3 is 9.84 Å². The molecule has 0 aromatic heterocycles. The summed E-state index contributed by atoms with van der Waals surface area (Å²) < 4.78 is 5.85. The zero-order chi connectivity index (χ0) is 20.0. The van der Waals surface area contributed by atoms with Gasteiger partial charge in [0.25, 0.3) is 0 Å². The number of benzene rings is 2. The third-order valence-corrected chi connectivity index (χ3v) is 5.28.